The van der Waals surface area contributed by atoms with Gasteiger partial charge in [-0.3, -0.25) is 4.79 Å². The Morgan fingerprint density at radius 1 is 0.707 bits per heavy atom. The maximum atomic E-state index is 13.3. The number of aliphatic hydroxyl groups excluding tert-OH is 7. The predicted molar refractivity (Wildman–Crippen MR) is 132 cm³/mol. The Bertz CT molecular complexity index is 1470. The topological polar surface area (TPSA) is 269 Å². The molecule has 2 aromatic carbocycles. The number of benzene rings is 2. The molecule has 5 rings (SSSR count). The van der Waals surface area contributed by atoms with Crippen molar-refractivity contribution in [3.63, 3.8) is 0 Å². The third kappa shape index (κ3) is 5.15. The molecule has 0 bridgehead atoms. The van der Waals surface area contributed by atoms with Crippen molar-refractivity contribution in [1.29, 1.82) is 0 Å². The number of ether oxygens (including phenoxy) is 4. The minimum absolute atomic E-state index is 0.145. The molecule has 224 valence electrons. The molecule has 2 saturated heterocycles. The van der Waals surface area contributed by atoms with Gasteiger partial charge in [-0.2, -0.15) is 0 Å². The first kappa shape index (κ1) is 29.2. The van der Waals surface area contributed by atoms with Gasteiger partial charge in [-0.25, -0.2) is 0 Å². The standard InChI is InChI=1S/C25H28O16/c26-5-12-16(30)19(33)21(35)24(39-12)37-6-13-17(31)20(34)22(36)25(40-13)41-23-8(28)1-2-10-15(23)18(32)14-9(29)3-7(27)4-11(14)38-10/h1-4,12-13,16-17,19-22,24-31,33-36H,5-6H2. The molecule has 3 aromatic rings. The number of rotatable bonds is 6. The largest absolute Gasteiger partial charge is 0.508 e. The van der Waals surface area contributed by atoms with Crippen molar-refractivity contribution < 1.29 is 74.4 Å². The molecule has 0 aliphatic carbocycles. The van der Waals surface area contributed by atoms with Crippen LogP contribution in [0.25, 0.3) is 21.9 Å². The molecule has 0 amide bonds. The second kappa shape index (κ2) is 11.2. The maximum absolute atomic E-state index is 13.3. The van der Waals surface area contributed by atoms with Crippen LogP contribution in [0.4, 0.5) is 0 Å². The Hall–Kier alpha value is -3.29. The van der Waals surface area contributed by atoms with Crippen molar-refractivity contribution >= 4 is 21.9 Å². The van der Waals surface area contributed by atoms with Crippen LogP contribution in [0.5, 0.6) is 23.0 Å². The van der Waals surface area contributed by atoms with Gasteiger partial charge in [0.25, 0.3) is 0 Å². The first-order chi connectivity index (χ1) is 19.4. The van der Waals surface area contributed by atoms with E-state index in [9.17, 15) is 55.9 Å². The van der Waals surface area contributed by atoms with Crippen molar-refractivity contribution in [3.8, 4) is 23.0 Å². The van der Waals surface area contributed by atoms with E-state index in [-0.39, 0.29) is 27.7 Å². The molecular formula is C25H28O16. The summed E-state index contributed by atoms with van der Waals surface area (Å²) in [4.78, 5) is 13.3. The summed E-state index contributed by atoms with van der Waals surface area (Å²) in [5, 5.41) is 101. The third-order valence-corrected chi connectivity index (χ3v) is 7.01. The molecule has 2 aliphatic heterocycles. The summed E-state index contributed by atoms with van der Waals surface area (Å²) in [7, 11) is 0. The predicted octanol–water partition coefficient (Wildman–Crippen LogP) is -2.93. The number of phenols is 3. The summed E-state index contributed by atoms with van der Waals surface area (Å²) in [6.45, 7) is -1.36. The number of aromatic hydroxyl groups is 3. The van der Waals surface area contributed by atoms with E-state index >= 15 is 0 Å². The number of hydrogen-bond donors (Lipinski definition) is 10. The highest BCUT2D eigenvalue weighted by Gasteiger charge is 2.48. The van der Waals surface area contributed by atoms with Crippen LogP contribution in [0.3, 0.4) is 0 Å². The summed E-state index contributed by atoms with van der Waals surface area (Å²) in [6, 6.07) is 4.30. The van der Waals surface area contributed by atoms with Crippen LogP contribution in [-0.4, -0.2) is 126 Å². The lowest BCUT2D eigenvalue weighted by molar-refractivity contribution is -0.323. The quantitative estimate of drug-likeness (QED) is 0.130. The Morgan fingerprint density at radius 3 is 2.02 bits per heavy atom. The van der Waals surface area contributed by atoms with Gasteiger partial charge >= 0.3 is 0 Å². The van der Waals surface area contributed by atoms with E-state index in [2.05, 4.69) is 0 Å². The Labute approximate surface area is 229 Å². The maximum Gasteiger partial charge on any atom is 0.229 e. The van der Waals surface area contributed by atoms with Crippen LogP contribution >= 0.6 is 0 Å². The van der Waals surface area contributed by atoms with E-state index in [1.165, 1.54) is 6.07 Å². The molecule has 1 aromatic heterocycles. The van der Waals surface area contributed by atoms with Crippen molar-refractivity contribution in [2.24, 2.45) is 0 Å². The summed E-state index contributed by atoms with van der Waals surface area (Å²) < 4.78 is 27.4. The van der Waals surface area contributed by atoms with Crippen molar-refractivity contribution in [3.05, 3.63) is 34.5 Å². The van der Waals surface area contributed by atoms with Gasteiger partial charge in [0, 0.05) is 12.1 Å². The van der Waals surface area contributed by atoms with E-state index in [0.29, 0.717) is 0 Å². The number of aliphatic hydroxyl groups is 7. The van der Waals surface area contributed by atoms with E-state index in [1.54, 1.807) is 0 Å². The van der Waals surface area contributed by atoms with Crippen LogP contribution in [0.1, 0.15) is 0 Å². The Balaban J connectivity index is 1.42. The molecule has 16 heteroatoms. The fourth-order valence-corrected chi connectivity index (χ4v) is 4.77. The molecule has 2 fully saturated rings. The lowest BCUT2D eigenvalue weighted by atomic mass is 9.98. The molecule has 0 saturated carbocycles. The van der Waals surface area contributed by atoms with Gasteiger partial charge in [0.1, 0.15) is 82.3 Å². The van der Waals surface area contributed by atoms with Crippen LogP contribution in [0.15, 0.2) is 33.5 Å². The van der Waals surface area contributed by atoms with Crippen molar-refractivity contribution in [2.45, 2.75) is 61.4 Å². The van der Waals surface area contributed by atoms with Gasteiger partial charge in [-0.15, -0.1) is 0 Å². The van der Waals surface area contributed by atoms with Gasteiger partial charge in [0.05, 0.1) is 13.2 Å². The molecular weight excluding hydrogens is 556 g/mol. The lowest BCUT2D eigenvalue weighted by Gasteiger charge is -2.42. The number of fused-ring (bicyclic) bond motifs is 2. The lowest BCUT2D eigenvalue weighted by Crippen LogP contribution is -2.62. The molecule has 10 unspecified atom stereocenters. The summed E-state index contributed by atoms with van der Waals surface area (Å²) in [5.41, 5.74) is -1.19. The molecule has 3 heterocycles. The highest BCUT2D eigenvalue weighted by molar-refractivity contribution is 5.97. The van der Waals surface area contributed by atoms with Gasteiger partial charge in [0.15, 0.2) is 17.8 Å². The second-order valence-corrected chi connectivity index (χ2v) is 9.72. The molecule has 41 heavy (non-hydrogen) atoms. The fourth-order valence-electron chi connectivity index (χ4n) is 4.77. The van der Waals surface area contributed by atoms with Crippen molar-refractivity contribution in [2.75, 3.05) is 13.2 Å². The second-order valence-electron chi connectivity index (χ2n) is 9.72. The van der Waals surface area contributed by atoms with Gasteiger partial charge < -0.3 is 74.4 Å². The average molecular weight is 584 g/mol. The van der Waals surface area contributed by atoms with Crippen LogP contribution in [0.2, 0.25) is 0 Å². The molecule has 10 N–H and O–H groups in total. The molecule has 0 spiro atoms. The fraction of sp³-hybridized carbons (Fsp3) is 0.480. The molecule has 10 atom stereocenters. The third-order valence-electron chi connectivity index (χ3n) is 7.01. The molecule has 16 nitrogen and oxygen atoms in total. The first-order valence-corrected chi connectivity index (χ1v) is 12.4. The van der Waals surface area contributed by atoms with Gasteiger partial charge in [0.2, 0.25) is 11.7 Å². The highest BCUT2D eigenvalue weighted by Crippen LogP contribution is 2.39. The van der Waals surface area contributed by atoms with Crippen molar-refractivity contribution in [1.82, 2.24) is 0 Å². The van der Waals surface area contributed by atoms with Crippen LogP contribution in [-0.2, 0) is 14.2 Å². The monoisotopic (exact) mass is 584 g/mol. The summed E-state index contributed by atoms with van der Waals surface area (Å²) in [5.74, 6) is -2.18. The van der Waals surface area contributed by atoms with Gasteiger partial charge in [-0.1, -0.05) is 0 Å². The van der Waals surface area contributed by atoms with Gasteiger partial charge in [-0.05, 0) is 12.1 Å². The smallest absolute Gasteiger partial charge is 0.229 e. The zero-order valence-electron chi connectivity index (χ0n) is 20.9. The normalized spacial score (nSPS) is 34.2. The Morgan fingerprint density at radius 2 is 1.34 bits per heavy atom. The summed E-state index contributed by atoms with van der Waals surface area (Å²) in [6.07, 6.45) is -17.0. The Kier molecular flexibility index (Phi) is 7.96. The molecule has 2 aliphatic rings. The number of hydrogen-bond acceptors (Lipinski definition) is 16. The van der Waals surface area contributed by atoms with E-state index < -0.39 is 97.3 Å². The highest BCUT2D eigenvalue weighted by atomic mass is 16.7. The van der Waals surface area contributed by atoms with E-state index in [4.69, 9.17) is 23.4 Å². The SMILES string of the molecule is O=c1c2c(O)cc(O)cc2oc2ccc(O)c(OC3OC(COC4OC(CO)C(O)C(O)C4O)C(O)C(O)C3O)c12. The van der Waals surface area contributed by atoms with Crippen LogP contribution < -0.4 is 10.2 Å². The first-order valence-electron chi connectivity index (χ1n) is 12.4. The van der Waals surface area contributed by atoms with Crippen LogP contribution in [0, 0.1) is 0 Å². The molecule has 0 radical (unpaired) electrons. The number of phenolic OH excluding ortho intramolecular Hbond substituents is 3. The zero-order valence-corrected chi connectivity index (χ0v) is 20.9. The zero-order chi connectivity index (χ0) is 29.7. The average Bonchev–Trinajstić information content (AvgIpc) is 2.93. The minimum Gasteiger partial charge on any atom is -0.508 e. The minimum atomic E-state index is -1.93. The van der Waals surface area contributed by atoms with E-state index in [1.807, 2.05) is 0 Å². The summed E-state index contributed by atoms with van der Waals surface area (Å²) >= 11 is 0. The van der Waals surface area contributed by atoms with E-state index in [0.717, 1.165) is 18.2 Å².